The number of ketones is 1. The predicted molar refractivity (Wildman–Crippen MR) is 120 cm³/mol. The fourth-order valence-corrected chi connectivity index (χ4v) is 4.59. The lowest BCUT2D eigenvalue weighted by Crippen LogP contribution is -2.32. The highest BCUT2D eigenvalue weighted by Crippen LogP contribution is 2.31. The molecule has 1 N–H and O–H groups in total. The van der Waals surface area contributed by atoms with E-state index in [9.17, 15) is 18.7 Å². The van der Waals surface area contributed by atoms with E-state index in [1.54, 1.807) is 13.0 Å². The van der Waals surface area contributed by atoms with Gasteiger partial charge in [-0.3, -0.25) is 4.79 Å². The van der Waals surface area contributed by atoms with Crippen molar-refractivity contribution in [3.63, 3.8) is 0 Å². The van der Waals surface area contributed by atoms with Crippen molar-refractivity contribution in [2.75, 3.05) is 12.4 Å². The van der Waals surface area contributed by atoms with Crippen molar-refractivity contribution in [2.24, 2.45) is 17.0 Å². The van der Waals surface area contributed by atoms with E-state index in [-0.39, 0.29) is 29.8 Å². The van der Waals surface area contributed by atoms with Crippen molar-refractivity contribution in [2.45, 2.75) is 58.3 Å². The summed E-state index contributed by atoms with van der Waals surface area (Å²) in [4.78, 5) is 18.1. The smallest absolute Gasteiger partial charge is 0.153 e. The number of nitrogens with zero attached hydrogens (tertiary/aromatic N) is 1. The third-order valence-corrected chi connectivity index (χ3v) is 6.03. The lowest BCUT2D eigenvalue weighted by molar-refractivity contribution is -0.122. The molecule has 0 amide bonds. The number of aliphatic hydroxyl groups excluding tert-OH is 1. The van der Waals surface area contributed by atoms with Crippen LogP contribution < -0.4 is 4.74 Å². The summed E-state index contributed by atoms with van der Waals surface area (Å²) in [7, 11) is 0. The zero-order chi connectivity index (χ0) is 23.0. The molecule has 4 atom stereocenters. The molecule has 0 spiro atoms. The SMILES string of the molecule is CCSC(C)CC1C=C(O)C(/C(CC)=N/OCC(C)Oc2cc(F)cc(F)c2)C(=O)C1. The van der Waals surface area contributed by atoms with E-state index in [0.717, 1.165) is 30.4 Å². The minimum atomic E-state index is -0.788. The molecule has 8 heteroatoms. The summed E-state index contributed by atoms with van der Waals surface area (Å²) in [6, 6.07) is 2.93. The number of hydrogen-bond donors (Lipinski definition) is 1. The molecule has 172 valence electrons. The molecule has 0 bridgehead atoms. The van der Waals surface area contributed by atoms with E-state index in [0.29, 0.717) is 23.8 Å². The Labute approximate surface area is 186 Å². The maximum Gasteiger partial charge on any atom is 0.153 e. The van der Waals surface area contributed by atoms with Crippen LogP contribution in [0.25, 0.3) is 0 Å². The lowest BCUT2D eigenvalue weighted by Gasteiger charge is -2.26. The van der Waals surface area contributed by atoms with Crippen LogP contribution in [0, 0.1) is 23.5 Å². The largest absolute Gasteiger partial charge is 0.511 e. The average Bonchev–Trinajstić information content (AvgIpc) is 2.65. The molecule has 0 saturated carbocycles. The van der Waals surface area contributed by atoms with Gasteiger partial charge in [-0.2, -0.15) is 11.8 Å². The molecule has 5 nitrogen and oxygen atoms in total. The number of benzene rings is 1. The van der Waals surface area contributed by atoms with Gasteiger partial charge < -0.3 is 14.7 Å². The van der Waals surface area contributed by atoms with Gasteiger partial charge in [0, 0.05) is 29.9 Å². The maximum atomic E-state index is 13.3. The van der Waals surface area contributed by atoms with Crippen LogP contribution in [0.2, 0.25) is 0 Å². The Bertz CT molecular complexity index is 795. The van der Waals surface area contributed by atoms with E-state index in [1.807, 2.05) is 18.7 Å². The summed E-state index contributed by atoms with van der Waals surface area (Å²) in [5, 5.41) is 15.0. The second-order valence-electron chi connectivity index (χ2n) is 7.72. The highest BCUT2D eigenvalue weighted by atomic mass is 32.2. The van der Waals surface area contributed by atoms with E-state index < -0.39 is 23.7 Å². The van der Waals surface area contributed by atoms with Gasteiger partial charge in [-0.25, -0.2) is 8.78 Å². The molecule has 0 heterocycles. The number of thioether (sulfide) groups is 1. The summed E-state index contributed by atoms with van der Waals surface area (Å²) >= 11 is 1.84. The topological polar surface area (TPSA) is 68.1 Å². The predicted octanol–water partition coefficient (Wildman–Crippen LogP) is 5.69. The quantitative estimate of drug-likeness (QED) is 0.343. The number of halogens is 2. The number of aliphatic hydroxyl groups is 1. The summed E-state index contributed by atoms with van der Waals surface area (Å²) in [5.74, 6) is -1.19. The van der Waals surface area contributed by atoms with Crippen LogP contribution in [0.1, 0.15) is 47.0 Å². The number of rotatable bonds is 11. The Kier molecular flexibility index (Phi) is 9.81. The fourth-order valence-electron chi connectivity index (χ4n) is 3.63. The first kappa shape index (κ1) is 25.2. The van der Waals surface area contributed by atoms with Gasteiger partial charge in [0.25, 0.3) is 0 Å². The standard InChI is InChI=1S/C23H31F2NO4S/c1-5-20(23-21(27)8-16(9-22(23)28)7-15(4)31-6-2)26-29-13-14(3)30-19-11-17(24)10-18(25)12-19/h8,10-12,14-16,23,27H,5-7,9,13H2,1-4H3/b26-20+. The van der Waals surface area contributed by atoms with Gasteiger partial charge in [0.15, 0.2) is 6.61 Å². The lowest BCUT2D eigenvalue weighted by atomic mass is 9.81. The molecule has 1 aliphatic carbocycles. The van der Waals surface area contributed by atoms with Crippen LogP contribution >= 0.6 is 11.8 Å². The molecule has 4 unspecified atom stereocenters. The molecule has 0 aromatic heterocycles. The molecule has 0 aliphatic heterocycles. The van der Waals surface area contributed by atoms with E-state index in [2.05, 4.69) is 19.0 Å². The number of Topliss-reactive ketones (excluding diaryl/α,β-unsaturated/α-hetero) is 1. The minimum Gasteiger partial charge on any atom is -0.511 e. The first-order valence-corrected chi connectivity index (χ1v) is 11.6. The third-order valence-electron chi connectivity index (χ3n) is 4.93. The van der Waals surface area contributed by atoms with Crippen LogP contribution in [-0.2, 0) is 9.63 Å². The van der Waals surface area contributed by atoms with Gasteiger partial charge in [-0.15, -0.1) is 0 Å². The van der Waals surface area contributed by atoms with Crippen LogP contribution in [-0.4, -0.2) is 40.3 Å². The van der Waals surface area contributed by atoms with E-state index in [1.165, 1.54) is 0 Å². The molecule has 2 rings (SSSR count). The Morgan fingerprint density at radius 2 is 1.94 bits per heavy atom. The van der Waals surface area contributed by atoms with Gasteiger partial charge >= 0.3 is 0 Å². The molecule has 0 saturated heterocycles. The summed E-state index contributed by atoms with van der Waals surface area (Å²) in [6.07, 6.45) is 2.88. The second kappa shape index (κ2) is 12.1. The zero-order valence-electron chi connectivity index (χ0n) is 18.4. The monoisotopic (exact) mass is 455 g/mol. The van der Waals surface area contributed by atoms with Crippen LogP contribution in [0.3, 0.4) is 0 Å². The molecule has 1 aromatic rings. The van der Waals surface area contributed by atoms with Gasteiger partial charge in [0.2, 0.25) is 0 Å². The summed E-state index contributed by atoms with van der Waals surface area (Å²) in [6.45, 7) is 7.76. The van der Waals surface area contributed by atoms with Gasteiger partial charge in [-0.1, -0.05) is 25.9 Å². The first-order valence-electron chi connectivity index (χ1n) is 10.6. The number of hydrogen-bond acceptors (Lipinski definition) is 6. The van der Waals surface area contributed by atoms with Gasteiger partial charge in [-0.05, 0) is 37.5 Å². The zero-order valence-corrected chi connectivity index (χ0v) is 19.3. The van der Waals surface area contributed by atoms with Gasteiger partial charge in [0.1, 0.15) is 40.9 Å². The Hall–Kier alpha value is -2.09. The highest BCUT2D eigenvalue weighted by Gasteiger charge is 2.34. The third kappa shape index (κ3) is 7.83. The van der Waals surface area contributed by atoms with Crippen LogP contribution in [0.5, 0.6) is 5.75 Å². The number of allylic oxidation sites excluding steroid dienone is 2. The number of oxime groups is 1. The number of carbonyl (C=O) groups is 1. The minimum absolute atomic E-state index is 0.0153. The maximum absolute atomic E-state index is 13.3. The van der Waals surface area contributed by atoms with Crippen molar-refractivity contribution in [3.8, 4) is 5.75 Å². The Morgan fingerprint density at radius 1 is 1.26 bits per heavy atom. The van der Waals surface area contributed by atoms with Crippen molar-refractivity contribution >= 4 is 23.3 Å². The second-order valence-corrected chi connectivity index (χ2v) is 9.44. The highest BCUT2D eigenvalue weighted by molar-refractivity contribution is 7.99. The van der Waals surface area contributed by atoms with Crippen molar-refractivity contribution < 1.29 is 28.3 Å². The Balaban J connectivity index is 1.96. The van der Waals surface area contributed by atoms with Crippen molar-refractivity contribution in [1.29, 1.82) is 0 Å². The van der Waals surface area contributed by atoms with E-state index >= 15 is 0 Å². The van der Waals surface area contributed by atoms with Crippen LogP contribution in [0.4, 0.5) is 8.78 Å². The Morgan fingerprint density at radius 3 is 2.52 bits per heavy atom. The van der Waals surface area contributed by atoms with Crippen molar-refractivity contribution in [3.05, 3.63) is 41.7 Å². The number of carbonyl (C=O) groups excluding carboxylic acids is 1. The normalized spacial score (nSPS) is 21.4. The summed E-state index contributed by atoms with van der Waals surface area (Å²) in [5.41, 5.74) is 0.442. The van der Waals surface area contributed by atoms with Crippen LogP contribution in [0.15, 0.2) is 35.2 Å². The first-order chi connectivity index (χ1) is 14.7. The average molecular weight is 456 g/mol. The molecule has 0 radical (unpaired) electrons. The van der Waals surface area contributed by atoms with Crippen molar-refractivity contribution in [1.82, 2.24) is 0 Å². The molecular formula is C23H31F2NO4S. The fraction of sp³-hybridized carbons (Fsp3) is 0.565. The molecular weight excluding hydrogens is 424 g/mol. The number of ether oxygens (including phenoxy) is 1. The van der Waals surface area contributed by atoms with Gasteiger partial charge in [0.05, 0.1) is 5.71 Å². The molecule has 1 aliphatic rings. The molecule has 1 aromatic carbocycles. The molecule has 31 heavy (non-hydrogen) atoms. The molecule has 0 fully saturated rings. The van der Waals surface area contributed by atoms with E-state index in [4.69, 9.17) is 9.57 Å². The summed E-state index contributed by atoms with van der Waals surface area (Å²) < 4.78 is 32.0.